The standard InChI is InChI=1S/C21H37N.BrH/c1-3-5-6-7-8-9-10-11-12-13-14-15-16-21-19-20(4-2)17-18-22-21;/h17-19H,3-16H2,1-2H3;1H. The Morgan fingerprint density at radius 3 is 1.78 bits per heavy atom. The number of pyridine rings is 1. The minimum atomic E-state index is 0. The van der Waals surface area contributed by atoms with Crippen molar-refractivity contribution in [2.24, 2.45) is 0 Å². The fourth-order valence-electron chi connectivity index (χ4n) is 3.03. The molecule has 23 heavy (non-hydrogen) atoms. The van der Waals surface area contributed by atoms with Gasteiger partial charge in [-0.2, -0.15) is 0 Å². The first kappa shape index (κ1) is 22.6. The SMILES string of the molecule is Br.CCCCCCCCCCCCCCc1cc(CC)ccn1. The van der Waals surface area contributed by atoms with Crippen molar-refractivity contribution in [2.45, 2.75) is 104 Å². The molecule has 1 heterocycles. The van der Waals surface area contributed by atoms with Gasteiger partial charge in [-0.1, -0.05) is 84.5 Å². The van der Waals surface area contributed by atoms with Gasteiger partial charge in [0.15, 0.2) is 0 Å². The Balaban J connectivity index is 0.00000484. The maximum absolute atomic E-state index is 4.48. The minimum absolute atomic E-state index is 0. The van der Waals surface area contributed by atoms with Crippen molar-refractivity contribution in [2.75, 3.05) is 0 Å². The third-order valence-corrected chi connectivity index (χ3v) is 4.58. The van der Waals surface area contributed by atoms with Crippen molar-refractivity contribution in [1.29, 1.82) is 0 Å². The number of aryl methyl sites for hydroxylation is 2. The van der Waals surface area contributed by atoms with Crippen molar-refractivity contribution >= 4 is 17.0 Å². The topological polar surface area (TPSA) is 12.9 Å². The number of hydrogen-bond donors (Lipinski definition) is 0. The van der Waals surface area contributed by atoms with E-state index in [-0.39, 0.29) is 17.0 Å². The van der Waals surface area contributed by atoms with Gasteiger partial charge in [-0.05, 0) is 37.0 Å². The van der Waals surface area contributed by atoms with Crippen molar-refractivity contribution in [3.05, 3.63) is 29.6 Å². The zero-order valence-corrected chi connectivity index (χ0v) is 17.2. The molecule has 134 valence electrons. The summed E-state index contributed by atoms with van der Waals surface area (Å²) < 4.78 is 0. The molecule has 2 heteroatoms. The molecule has 1 aromatic rings. The highest BCUT2D eigenvalue weighted by Gasteiger charge is 1.97. The number of halogens is 1. The van der Waals surface area contributed by atoms with Crippen LogP contribution in [-0.2, 0) is 12.8 Å². The van der Waals surface area contributed by atoms with Crippen LogP contribution in [-0.4, -0.2) is 4.98 Å². The van der Waals surface area contributed by atoms with E-state index in [4.69, 9.17) is 0 Å². The molecule has 0 aliphatic rings. The Labute approximate surface area is 155 Å². The van der Waals surface area contributed by atoms with Gasteiger partial charge in [0.25, 0.3) is 0 Å². The van der Waals surface area contributed by atoms with Gasteiger partial charge in [-0.3, -0.25) is 4.98 Å². The number of aromatic nitrogens is 1. The summed E-state index contributed by atoms with van der Waals surface area (Å²) >= 11 is 0. The van der Waals surface area contributed by atoms with Crippen LogP contribution in [0.1, 0.15) is 102 Å². The van der Waals surface area contributed by atoms with E-state index in [1.165, 1.54) is 88.3 Å². The first-order valence-electron chi connectivity index (χ1n) is 9.80. The number of rotatable bonds is 14. The van der Waals surface area contributed by atoms with Crippen LogP contribution in [0.4, 0.5) is 0 Å². The lowest BCUT2D eigenvalue weighted by Crippen LogP contribution is -1.92. The van der Waals surface area contributed by atoms with Crippen LogP contribution in [0, 0.1) is 0 Å². The largest absolute Gasteiger partial charge is 0.261 e. The highest BCUT2D eigenvalue weighted by molar-refractivity contribution is 8.93. The Morgan fingerprint density at radius 2 is 1.26 bits per heavy atom. The summed E-state index contributed by atoms with van der Waals surface area (Å²) in [6.07, 6.45) is 21.2. The molecule has 0 fully saturated rings. The van der Waals surface area contributed by atoms with Gasteiger partial charge in [-0.15, -0.1) is 17.0 Å². The molecule has 0 radical (unpaired) electrons. The van der Waals surface area contributed by atoms with Crippen LogP contribution in [0.2, 0.25) is 0 Å². The molecule has 0 spiro atoms. The van der Waals surface area contributed by atoms with E-state index in [0.29, 0.717) is 0 Å². The smallest absolute Gasteiger partial charge is 0.0406 e. The molecule has 0 saturated heterocycles. The van der Waals surface area contributed by atoms with Crippen LogP contribution in [0.3, 0.4) is 0 Å². The quantitative estimate of drug-likeness (QED) is 0.303. The third kappa shape index (κ3) is 12.7. The van der Waals surface area contributed by atoms with E-state index in [9.17, 15) is 0 Å². The zero-order chi connectivity index (χ0) is 15.9. The molecule has 0 aromatic carbocycles. The lowest BCUT2D eigenvalue weighted by atomic mass is 10.0. The van der Waals surface area contributed by atoms with E-state index in [1.54, 1.807) is 0 Å². The van der Waals surface area contributed by atoms with Gasteiger partial charge in [0.05, 0.1) is 0 Å². The summed E-state index contributed by atoms with van der Waals surface area (Å²) in [6, 6.07) is 4.41. The minimum Gasteiger partial charge on any atom is -0.261 e. The van der Waals surface area contributed by atoms with E-state index in [2.05, 4.69) is 31.0 Å². The Morgan fingerprint density at radius 1 is 0.739 bits per heavy atom. The summed E-state index contributed by atoms with van der Waals surface area (Å²) in [5, 5.41) is 0. The second kappa shape index (κ2) is 16.5. The molecule has 1 rings (SSSR count). The van der Waals surface area contributed by atoms with Gasteiger partial charge >= 0.3 is 0 Å². The summed E-state index contributed by atoms with van der Waals surface area (Å²) in [4.78, 5) is 4.48. The lowest BCUT2D eigenvalue weighted by molar-refractivity contribution is 0.543. The lowest BCUT2D eigenvalue weighted by Gasteiger charge is -2.04. The molecule has 0 atom stereocenters. The fourth-order valence-corrected chi connectivity index (χ4v) is 3.03. The number of hydrogen-bond acceptors (Lipinski definition) is 1. The van der Waals surface area contributed by atoms with Crippen molar-refractivity contribution in [3.8, 4) is 0 Å². The second-order valence-corrected chi connectivity index (χ2v) is 6.65. The maximum atomic E-state index is 4.48. The molecule has 0 amide bonds. The van der Waals surface area contributed by atoms with Crippen LogP contribution >= 0.6 is 17.0 Å². The van der Waals surface area contributed by atoms with E-state index in [0.717, 1.165) is 12.8 Å². The molecule has 1 aromatic heterocycles. The normalized spacial score (nSPS) is 10.5. The Bertz CT molecular complexity index is 365. The highest BCUT2D eigenvalue weighted by atomic mass is 79.9. The summed E-state index contributed by atoms with van der Waals surface area (Å²) in [5.74, 6) is 0. The van der Waals surface area contributed by atoms with Gasteiger partial charge in [-0.25, -0.2) is 0 Å². The molecular weight excluding hydrogens is 346 g/mol. The molecule has 0 saturated carbocycles. The molecule has 0 N–H and O–H groups in total. The monoisotopic (exact) mass is 383 g/mol. The molecule has 0 bridgehead atoms. The van der Waals surface area contributed by atoms with E-state index in [1.807, 2.05) is 6.20 Å². The average Bonchev–Trinajstić information content (AvgIpc) is 2.56. The number of nitrogens with zero attached hydrogens (tertiary/aromatic N) is 1. The third-order valence-electron chi connectivity index (χ3n) is 4.58. The summed E-state index contributed by atoms with van der Waals surface area (Å²) in [5.41, 5.74) is 2.70. The molecule has 0 aliphatic heterocycles. The van der Waals surface area contributed by atoms with Gasteiger partial charge in [0, 0.05) is 11.9 Å². The van der Waals surface area contributed by atoms with E-state index >= 15 is 0 Å². The fraction of sp³-hybridized carbons (Fsp3) is 0.762. The highest BCUT2D eigenvalue weighted by Crippen LogP contribution is 2.13. The predicted octanol–water partition coefficient (Wildman–Crippen LogP) is 7.47. The second-order valence-electron chi connectivity index (χ2n) is 6.65. The van der Waals surface area contributed by atoms with Crippen molar-refractivity contribution < 1.29 is 0 Å². The Kier molecular flexibility index (Phi) is 16.2. The summed E-state index contributed by atoms with van der Waals surface area (Å²) in [7, 11) is 0. The predicted molar refractivity (Wildman–Crippen MR) is 109 cm³/mol. The maximum Gasteiger partial charge on any atom is 0.0406 e. The van der Waals surface area contributed by atoms with Gasteiger partial charge in [0.2, 0.25) is 0 Å². The molecule has 0 unspecified atom stereocenters. The van der Waals surface area contributed by atoms with Crippen LogP contribution in [0.25, 0.3) is 0 Å². The zero-order valence-electron chi connectivity index (χ0n) is 15.5. The van der Waals surface area contributed by atoms with E-state index < -0.39 is 0 Å². The van der Waals surface area contributed by atoms with Crippen LogP contribution < -0.4 is 0 Å². The molecule has 1 nitrogen and oxygen atoms in total. The first-order valence-corrected chi connectivity index (χ1v) is 9.80. The molecular formula is C21H38BrN. The molecule has 0 aliphatic carbocycles. The van der Waals surface area contributed by atoms with Crippen LogP contribution in [0.15, 0.2) is 18.3 Å². The summed E-state index contributed by atoms with van der Waals surface area (Å²) in [6.45, 7) is 4.50. The number of unbranched alkanes of at least 4 members (excludes halogenated alkanes) is 11. The average molecular weight is 384 g/mol. The van der Waals surface area contributed by atoms with Crippen LogP contribution in [0.5, 0.6) is 0 Å². The van der Waals surface area contributed by atoms with Crippen molar-refractivity contribution in [3.63, 3.8) is 0 Å². The Hall–Kier alpha value is -0.370. The van der Waals surface area contributed by atoms with Gasteiger partial charge < -0.3 is 0 Å². The van der Waals surface area contributed by atoms with Gasteiger partial charge in [0.1, 0.15) is 0 Å². The van der Waals surface area contributed by atoms with Crippen molar-refractivity contribution in [1.82, 2.24) is 4.98 Å². The first-order chi connectivity index (χ1) is 10.9.